The molecular weight excluding hydrogens is 603 g/mol. The summed E-state index contributed by atoms with van der Waals surface area (Å²) in [5, 5.41) is 10.5. The molecule has 1 aromatic carbocycles. The minimum Gasteiger partial charge on any atom is -0.480 e. The number of methoxy groups -OCH3 is 1. The number of carboxylic acids is 1. The van der Waals surface area contributed by atoms with Gasteiger partial charge in [-0.25, -0.2) is 32.0 Å². The van der Waals surface area contributed by atoms with E-state index < -0.39 is 38.7 Å². The quantitative estimate of drug-likeness (QED) is 0.270. The van der Waals surface area contributed by atoms with Gasteiger partial charge in [-0.3, -0.25) is 9.71 Å². The zero-order valence-electron chi connectivity index (χ0n) is 22.2. The average molecular weight is 627 g/mol. The van der Waals surface area contributed by atoms with E-state index in [1.54, 1.807) is 12.3 Å². The number of aliphatic carboxylic acids is 1. The number of sulfonamides is 1. The van der Waals surface area contributed by atoms with Gasteiger partial charge < -0.3 is 20.1 Å². The van der Waals surface area contributed by atoms with Crippen LogP contribution in [-0.4, -0.2) is 73.9 Å². The van der Waals surface area contributed by atoms with Crippen LogP contribution in [0.5, 0.6) is 5.88 Å². The van der Waals surface area contributed by atoms with Crippen LogP contribution in [0.15, 0.2) is 59.8 Å². The number of rotatable bonds is 6. The number of carbonyl (C=O) groups is 1. The Hall–Kier alpha value is -4.64. The highest BCUT2D eigenvalue weighted by molar-refractivity contribution is 7.92. The lowest BCUT2D eigenvalue weighted by Gasteiger charge is -2.29. The minimum atomic E-state index is -5.08. The lowest BCUT2D eigenvalue weighted by atomic mass is 10.1. The monoisotopic (exact) mass is 626 g/mol. The van der Waals surface area contributed by atoms with E-state index in [-0.39, 0.29) is 11.6 Å². The third-order valence-corrected chi connectivity index (χ3v) is 7.43. The van der Waals surface area contributed by atoms with Gasteiger partial charge in [0.1, 0.15) is 27.7 Å². The number of pyridine rings is 3. The van der Waals surface area contributed by atoms with Crippen LogP contribution in [0.1, 0.15) is 0 Å². The predicted octanol–water partition coefficient (Wildman–Crippen LogP) is 3.82. The highest BCUT2D eigenvalue weighted by Crippen LogP contribution is 2.32. The maximum absolute atomic E-state index is 14.2. The largest absolute Gasteiger partial charge is 0.490 e. The fourth-order valence-electron chi connectivity index (χ4n) is 4.05. The molecule has 0 radical (unpaired) electrons. The lowest BCUT2D eigenvalue weighted by molar-refractivity contribution is -0.192. The van der Waals surface area contributed by atoms with Gasteiger partial charge in [0.15, 0.2) is 0 Å². The molecule has 1 aliphatic rings. The second-order valence-corrected chi connectivity index (χ2v) is 10.5. The Morgan fingerprint density at radius 2 is 1.77 bits per heavy atom. The van der Waals surface area contributed by atoms with Crippen molar-refractivity contribution in [3.63, 3.8) is 0 Å². The van der Waals surface area contributed by atoms with Gasteiger partial charge >= 0.3 is 12.1 Å². The first-order valence-corrected chi connectivity index (χ1v) is 13.8. The van der Waals surface area contributed by atoms with E-state index in [1.807, 2.05) is 12.1 Å². The molecule has 4 heterocycles. The number of alkyl halides is 3. The fraction of sp³-hybridized carbons (Fsp3) is 0.231. The van der Waals surface area contributed by atoms with Crippen LogP contribution in [-0.2, 0) is 14.8 Å². The van der Waals surface area contributed by atoms with Crippen LogP contribution in [0, 0.1) is 11.6 Å². The number of aromatic nitrogens is 3. The molecule has 0 atom stereocenters. The molecule has 228 valence electrons. The summed E-state index contributed by atoms with van der Waals surface area (Å²) < 4.78 is 92.4. The second-order valence-electron chi connectivity index (χ2n) is 8.90. The third-order valence-electron chi connectivity index (χ3n) is 6.03. The van der Waals surface area contributed by atoms with Gasteiger partial charge in [0.25, 0.3) is 10.0 Å². The average Bonchev–Trinajstić information content (AvgIpc) is 2.96. The van der Waals surface area contributed by atoms with E-state index in [0.717, 1.165) is 49.5 Å². The number of nitrogens with zero attached hydrogens (tertiary/aromatic N) is 4. The van der Waals surface area contributed by atoms with Crippen molar-refractivity contribution in [3.8, 4) is 17.1 Å². The Morgan fingerprint density at radius 3 is 2.40 bits per heavy atom. The molecule has 1 aliphatic heterocycles. The van der Waals surface area contributed by atoms with E-state index in [2.05, 4.69) is 24.9 Å². The predicted molar refractivity (Wildman–Crippen MR) is 145 cm³/mol. The summed E-state index contributed by atoms with van der Waals surface area (Å²) in [6, 6.07) is 9.25. The minimum absolute atomic E-state index is 0.0193. The summed E-state index contributed by atoms with van der Waals surface area (Å²) in [6.45, 7) is 3.40. The number of halogens is 5. The SMILES string of the molecule is COc1ncc(-c2ccc3nccc(N4CCNCC4)c3n2)cc1NS(=O)(=O)c1ccc(F)cc1F.O=C(O)C(F)(F)F. The summed E-state index contributed by atoms with van der Waals surface area (Å²) in [5.74, 6) is -4.87. The summed E-state index contributed by atoms with van der Waals surface area (Å²) in [5.41, 5.74) is 3.42. The number of benzene rings is 1. The Kier molecular flexibility index (Phi) is 9.24. The smallest absolute Gasteiger partial charge is 0.480 e. The summed E-state index contributed by atoms with van der Waals surface area (Å²) in [6.07, 6.45) is -1.83. The van der Waals surface area contributed by atoms with Crippen molar-refractivity contribution < 1.29 is 45.0 Å². The van der Waals surface area contributed by atoms with Gasteiger partial charge in [0, 0.05) is 50.2 Å². The summed E-state index contributed by atoms with van der Waals surface area (Å²) in [7, 11) is -3.07. The number of piperazine rings is 1. The number of nitrogens with one attached hydrogen (secondary N) is 2. The van der Waals surface area contributed by atoms with Gasteiger partial charge in [-0.2, -0.15) is 13.2 Å². The number of hydrogen-bond acceptors (Lipinski definition) is 9. The summed E-state index contributed by atoms with van der Waals surface area (Å²) >= 11 is 0. The molecule has 4 aromatic rings. The maximum Gasteiger partial charge on any atom is 0.490 e. The van der Waals surface area contributed by atoms with Crippen molar-refractivity contribution >= 4 is 38.4 Å². The van der Waals surface area contributed by atoms with E-state index in [4.69, 9.17) is 19.6 Å². The zero-order chi connectivity index (χ0) is 31.4. The van der Waals surface area contributed by atoms with E-state index in [1.165, 1.54) is 19.4 Å². The molecule has 1 fully saturated rings. The fourth-order valence-corrected chi connectivity index (χ4v) is 5.16. The molecule has 11 nitrogen and oxygen atoms in total. The molecule has 0 bridgehead atoms. The second kappa shape index (κ2) is 12.7. The summed E-state index contributed by atoms with van der Waals surface area (Å²) in [4.78, 5) is 23.9. The molecule has 0 saturated carbocycles. The Morgan fingerprint density at radius 1 is 1.07 bits per heavy atom. The van der Waals surface area contributed by atoms with Crippen LogP contribution >= 0.6 is 0 Å². The van der Waals surface area contributed by atoms with E-state index >= 15 is 0 Å². The molecule has 43 heavy (non-hydrogen) atoms. The molecule has 0 amide bonds. The van der Waals surface area contributed by atoms with Gasteiger partial charge in [-0.15, -0.1) is 0 Å². The van der Waals surface area contributed by atoms with Gasteiger partial charge in [0.2, 0.25) is 5.88 Å². The third kappa shape index (κ3) is 7.42. The first-order chi connectivity index (χ1) is 20.3. The molecule has 1 saturated heterocycles. The Labute approximate surface area is 241 Å². The zero-order valence-corrected chi connectivity index (χ0v) is 23.0. The van der Waals surface area contributed by atoms with Gasteiger partial charge in [0.05, 0.1) is 24.0 Å². The number of fused-ring (bicyclic) bond motifs is 1. The molecular formula is C26H23F5N6O5S. The number of ether oxygens (including phenoxy) is 1. The highest BCUT2D eigenvalue weighted by Gasteiger charge is 2.38. The molecule has 0 aliphatic carbocycles. The molecule has 3 N–H and O–H groups in total. The van der Waals surface area contributed by atoms with Crippen LogP contribution in [0.3, 0.4) is 0 Å². The van der Waals surface area contributed by atoms with E-state index in [9.17, 15) is 30.4 Å². The van der Waals surface area contributed by atoms with Crippen molar-refractivity contribution in [1.82, 2.24) is 20.3 Å². The first kappa shape index (κ1) is 31.3. The normalized spacial score (nSPS) is 13.7. The van der Waals surface area contributed by atoms with Crippen molar-refractivity contribution in [2.24, 2.45) is 0 Å². The lowest BCUT2D eigenvalue weighted by Crippen LogP contribution is -2.43. The number of hydrogen-bond donors (Lipinski definition) is 3. The maximum atomic E-state index is 14.2. The molecule has 17 heteroatoms. The van der Waals surface area contributed by atoms with E-state index in [0.29, 0.717) is 22.8 Å². The van der Waals surface area contributed by atoms with Crippen molar-refractivity contribution in [3.05, 3.63) is 66.5 Å². The Balaban J connectivity index is 0.000000541. The topological polar surface area (TPSA) is 147 Å². The molecule has 3 aromatic heterocycles. The number of anilines is 2. The van der Waals surface area contributed by atoms with Crippen molar-refractivity contribution in [1.29, 1.82) is 0 Å². The van der Waals surface area contributed by atoms with Gasteiger partial charge in [-0.05, 0) is 36.4 Å². The van der Waals surface area contributed by atoms with Crippen LogP contribution in [0.25, 0.3) is 22.3 Å². The molecule has 0 unspecified atom stereocenters. The van der Waals surface area contributed by atoms with Crippen molar-refractivity contribution in [2.45, 2.75) is 11.1 Å². The molecule has 0 spiro atoms. The van der Waals surface area contributed by atoms with Crippen molar-refractivity contribution in [2.75, 3.05) is 42.9 Å². The van der Waals surface area contributed by atoms with Crippen LogP contribution in [0.2, 0.25) is 0 Å². The Bertz CT molecular complexity index is 1750. The van der Waals surface area contributed by atoms with Gasteiger partial charge in [-0.1, -0.05) is 0 Å². The van der Waals surface area contributed by atoms with Crippen LogP contribution < -0.4 is 19.7 Å². The standard InChI is InChI=1S/C24H22F2N6O3S.C2HF3O2/c1-35-24-20(31-36(33,34)22-5-2-16(25)13-17(22)26)12-15(14-29-24)18-3-4-19-23(30-18)21(6-7-28-19)32-10-8-27-9-11-32;3-2(4,5)1(6)7/h2-7,12-14,27,31H,8-11H2,1H3;(H,6,7). The molecule has 5 rings (SSSR count). The highest BCUT2D eigenvalue weighted by atomic mass is 32.2. The van der Waals surface area contributed by atoms with Crippen LogP contribution in [0.4, 0.5) is 33.3 Å². The first-order valence-electron chi connectivity index (χ1n) is 12.3. The number of carboxylic acid groups (broad SMARTS) is 1.